The molecule has 2 rings (SSSR count). The second-order valence-electron chi connectivity index (χ2n) is 18.0. The number of rotatable bonds is 28. The molecule has 0 aliphatic carbocycles. The molecule has 15 heteroatoms. The Hall–Kier alpha value is -5.47. The number of carboxylic acid groups (broad SMARTS) is 1. The maximum atomic E-state index is 11.8. The van der Waals surface area contributed by atoms with Gasteiger partial charge in [0.2, 0.25) is 0 Å². The van der Waals surface area contributed by atoms with Crippen molar-refractivity contribution in [2.24, 2.45) is 22.2 Å². The van der Waals surface area contributed by atoms with Crippen LogP contribution in [0, 0.1) is 22.2 Å². The number of benzene rings is 2. The van der Waals surface area contributed by atoms with Gasteiger partial charge in [-0.15, -0.1) is 0 Å². The fourth-order valence-corrected chi connectivity index (χ4v) is 5.18. The van der Waals surface area contributed by atoms with Crippen molar-refractivity contribution >= 4 is 41.9 Å². The number of alkyl carbamates (subject to hydrolysis) is 1. The summed E-state index contributed by atoms with van der Waals surface area (Å²) in [6, 6.07) is 15.5. The molecule has 0 fully saturated rings. The van der Waals surface area contributed by atoms with Crippen molar-refractivity contribution in [3.05, 3.63) is 71.3 Å². The standard InChI is InChI=1S/C23H43NO6.C16H20O6.C13H18O2/c1-6-9-13-19(7-2)18-30-20(25)14-11-10-12-16-29-22(27)24-15-17-28-21(26)23(4,5)8-3;1-4-16(2,3)15(20)22-10-9-21-14(19)12-8-6-5-7-11(12)13(17)18;1-4-13(2,3)12(14)15-10-11-8-6-5-7-9-11/h19H,6-18H2,1-5H3,(H,24,27);5-8H,4,9-10H2,1-3H3,(H,17,18);5-9H,4,10H2,1-3H3. The smallest absolute Gasteiger partial charge is 0.407 e. The Labute approximate surface area is 399 Å². The largest absolute Gasteiger partial charge is 0.478 e. The zero-order valence-electron chi connectivity index (χ0n) is 42.3. The number of carbonyl (C=O) groups excluding carboxylic acids is 6. The summed E-state index contributed by atoms with van der Waals surface area (Å²) >= 11 is 0. The summed E-state index contributed by atoms with van der Waals surface area (Å²) in [6.07, 6.45) is 8.67. The predicted octanol–water partition coefficient (Wildman–Crippen LogP) is 10.7. The summed E-state index contributed by atoms with van der Waals surface area (Å²) in [4.78, 5) is 81.4. The molecule has 0 aliphatic heterocycles. The van der Waals surface area contributed by atoms with E-state index in [0.29, 0.717) is 51.4 Å². The minimum atomic E-state index is -1.20. The molecule has 2 aromatic carbocycles. The Bertz CT molecular complexity index is 1770. The molecule has 2 aromatic rings. The molecule has 0 saturated carbocycles. The topological polar surface area (TPSA) is 207 Å². The van der Waals surface area contributed by atoms with Crippen LogP contribution < -0.4 is 5.32 Å². The molecule has 1 unspecified atom stereocenters. The molecule has 1 amide bonds. The summed E-state index contributed by atoms with van der Waals surface area (Å²) in [7, 11) is 0. The first-order chi connectivity index (χ1) is 31.6. The lowest BCUT2D eigenvalue weighted by Gasteiger charge is -2.20. The van der Waals surface area contributed by atoms with Crippen molar-refractivity contribution in [1.29, 1.82) is 0 Å². The molecular formula is C52H81NO14. The van der Waals surface area contributed by atoms with Gasteiger partial charge in [-0.2, -0.15) is 0 Å². The molecule has 2 N–H and O–H groups in total. The molecule has 0 aliphatic rings. The van der Waals surface area contributed by atoms with Gasteiger partial charge in [0.1, 0.15) is 26.4 Å². The highest BCUT2D eigenvalue weighted by Crippen LogP contribution is 2.23. The van der Waals surface area contributed by atoms with Gasteiger partial charge in [0, 0.05) is 6.42 Å². The van der Waals surface area contributed by atoms with Crippen LogP contribution in [0.2, 0.25) is 0 Å². The van der Waals surface area contributed by atoms with Gasteiger partial charge in [-0.3, -0.25) is 19.2 Å². The maximum absolute atomic E-state index is 11.8. The van der Waals surface area contributed by atoms with E-state index in [1.165, 1.54) is 24.6 Å². The molecule has 15 nitrogen and oxygen atoms in total. The van der Waals surface area contributed by atoms with Crippen molar-refractivity contribution in [1.82, 2.24) is 5.32 Å². The summed E-state index contributed by atoms with van der Waals surface area (Å²) in [6.45, 7) is 22.4. The Morgan fingerprint density at radius 2 is 1.09 bits per heavy atom. The number of amides is 1. The molecule has 1 atom stereocenters. The first kappa shape index (κ1) is 61.5. The second-order valence-corrected chi connectivity index (χ2v) is 18.0. The normalized spacial score (nSPS) is 11.5. The fourth-order valence-electron chi connectivity index (χ4n) is 5.18. The van der Waals surface area contributed by atoms with Crippen molar-refractivity contribution in [2.45, 2.75) is 153 Å². The molecule has 0 bridgehead atoms. The lowest BCUT2D eigenvalue weighted by Crippen LogP contribution is -2.32. The highest BCUT2D eigenvalue weighted by molar-refractivity contribution is 6.02. The van der Waals surface area contributed by atoms with Crippen LogP contribution in [-0.4, -0.2) is 86.6 Å². The van der Waals surface area contributed by atoms with E-state index in [-0.39, 0.29) is 66.8 Å². The summed E-state index contributed by atoms with van der Waals surface area (Å²) in [5, 5.41) is 11.5. The number of ether oxygens (including phenoxy) is 6. The number of carboxylic acids is 1. The van der Waals surface area contributed by atoms with Gasteiger partial charge >= 0.3 is 41.9 Å². The average molecular weight is 944 g/mol. The van der Waals surface area contributed by atoms with Gasteiger partial charge in [-0.25, -0.2) is 14.4 Å². The maximum Gasteiger partial charge on any atom is 0.407 e. The third kappa shape index (κ3) is 27.1. The minimum Gasteiger partial charge on any atom is -0.478 e. The van der Waals surface area contributed by atoms with Gasteiger partial charge in [0.15, 0.2) is 0 Å². The monoisotopic (exact) mass is 944 g/mol. The highest BCUT2D eigenvalue weighted by Gasteiger charge is 2.29. The third-order valence-electron chi connectivity index (χ3n) is 11.3. The van der Waals surface area contributed by atoms with E-state index < -0.39 is 28.9 Å². The number of carbonyl (C=O) groups is 7. The van der Waals surface area contributed by atoms with Crippen molar-refractivity contribution in [3.63, 3.8) is 0 Å². The molecule has 0 aromatic heterocycles. The predicted molar refractivity (Wildman–Crippen MR) is 256 cm³/mol. The number of hydrogen-bond donors (Lipinski definition) is 2. The van der Waals surface area contributed by atoms with Crippen molar-refractivity contribution < 1.29 is 67.1 Å². The Kier molecular flexibility index (Phi) is 31.1. The molecular weight excluding hydrogens is 863 g/mol. The zero-order chi connectivity index (χ0) is 50.9. The molecule has 0 spiro atoms. The van der Waals surface area contributed by atoms with Gasteiger partial charge in [-0.05, 0) is 110 Å². The lowest BCUT2D eigenvalue weighted by atomic mass is 9.91. The van der Waals surface area contributed by atoms with Crippen LogP contribution in [0.1, 0.15) is 173 Å². The van der Waals surface area contributed by atoms with Crippen molar-refractivity contribution in [3.8, 4) is 0 Å². The van der Waals surface area contributed by atoms with Crippen LogP contribution >= 0.6 is 0 Å². The van der Waals surface area contributed by atoms with Crippen LogP contribution in [0.15, 0.2) is 54.6 Å². The van der Waals surface area contributed by atoms with E-state index in [9.17, 15) is 33.6 Å². The van der Waals surface area contributed by atoms with E-state index >= 15 is 0 Å². The van der Waals surface area contributed by atoms with Crippen LogP contribution in [0.3, 0.4) is 0 Å². The van der Waals surface area contributed by atoms with E-state index in [0.717, 1.165) is 44.1 Å². The molecule has 0 heterocycles. The molecule has 0 radical (unpaired) electrons. The quantitative estimate of drug-likeness (QED) is 0.0462. The van der Waals surface area contributed by atoms with Gasteiger partial charge in [-0.1, -0.05) is 96.3 Å². The fraction of sp³-hybridized carbons (Fsp3) is 0.635. The van der Waals surface area contributed by atoms with Crippen LogP contribution in [0.5, 0.6) is 0 Å². The van der Waals surface area contributed by atoms with E-state index in [1.807, 2.05) is 78.8 Å². The number of unbranched alkanes of at least 4 members (excludes halogenated alkanes) is 3. The number of esters is 5. The zero-order valence-corrected chi connectivity index (χ0v) is 42.3. The van der Waals surface area contributed by atoms with E-state index in [2.05, 4.69) is 19.2 Å². The Morgan fingerprint density at radius 1 is 0.567 bits per heavy atom. The average Bonchev–Trinajstić information content (AvgIpc) is 3.32. The summed E-state index contributed by atoms with van der Waals surface area (Å²) in [5.41, 5.74) is -0.612. The highest BCUT2D eigenvalue weighted by atomic mass is 16.6. The minimum absolute atomic E-state index is 0.0322. The molecule has 0 saturated heterocycles. The summed E-state index contributed by atoms with van der Waals surface area (Å²) < 4.78 is 30.8. The molecule has 378 valence electrons. The SMILES string of the molecule is CCC(C)(C)C(=O)OCCOC(=O)c1ccccc1C(=O)O.CCC(C)(C)C(=O)OCc1ccccc1.CCCCC(CC)COC(=O)CCCCCOC(=O)NCCOC(=O)C(C)(C)CC. The lowest BCUT2D eigenvalue weighted by molar-refractivity contribution is -0.156. The Balaban J connectivity index is 0.00000103. The number of hydrogen-bond acceptors (Lipinski definition) is 13. The van der Waals surface area contributed by atoms with E-state index in [1.54, 1.807) is 19.9 Å². The third-order valence-corrected chi connectivity index (χ3v) is 11.3. The van der Waals surface area contributed by atoms with Crippen LogP contribution in [-0.2, 0) is 54.2 Å². The van der Waals surface area contributed by atoms with Crippen LogP contribution in [0.4, 0.5) is 4.79 Å². The second kappa shape index (κ2) is 33.9. The first-order valence-corrected chi connectivity index (χ1v) is 23.7. The van der Waals surface area contributed by atoms with Gasteiger partial charge in [0.25, 0.3) is 0 Å². The van der Waals surface area contributed by atoms with Gasteiger partial charge < -0.3 is 38.8 Å². The Morgan fingerprint density at radius 3 is 1.63 bits per heavy atom. The molecule has 67 heavy (non-hydrogen) atoms. The number of nitrogens with one attached hydrogen (secondary N) is 1. The van der Waals surface area contributed by atoms with Crippen LogP contribution in [0.25, 0.3) is 0 Å². The van der Waals surface area contributed by atoms with E-state index in [4.69, 9.17) is 33.5 Å². The van der Waals surface area contributed by atoms with Crippen molar-refractivity contribution in [2.75, 3.05) is 39.6 Å². The first-order valence-electron chi connectivity index (χ1n) is 23.7. The summed E-state index contributed by atoms with van der Waals surface area (Å²) in [5.74, 6) is -2.42. The van der Waals surface area contributed by atoms with Gasteiger partial charge in [0.05, 0.1) is 47.1 Å². The number of aromatic carboxylic acids is 1.